The van der Waals surface area contributed by atoms with Crippen LogP contribution in [-0.4, -0.2) is 30.1 Å². The van der Waals surface area contributed by atoms with Crippen LogP contribution in [0, 0.1) is 5.41 Å². The van der Waals surface area contributed by atoms with Gasteiger partial charge in [0.25, 0.3) is 0 Å². The van der Waals surface area contributed by atoms with Crippen LogP contribution >= 0.6 is 0 Å². The molecular weight excluding hydrogens is 160 g/mol. The number of carboxylic acids is 1. The number of carbonyl (C=O) groups is 2. The van der Waals surface area contributed by atoms with Crippen molar-refractivity contribution >= 4 is 11.8 Å². The summed E-state index contributed by atoms with van der Waals surface area (Å²) in [6.45, 7) is 2.02. The SMILES string of the molecule is CC(=O)CC1(C(=O)O)CCOC1. The molecule has 1 fully saturated rings. The molecule has 0 aliphatic carbocycles. The average molecular weight is 172 g/mol. The quantitative estimate of drug-likeness (QED) is 0.671. The Labute approximate surface area is 70.5 Å². The van der Waals surface area contributed by atoms with Gasteiger partial charge in [0.05, 0.1) is 6.61 Å². The molecule has 0 bridgehead atoms. The molecule has 4 nitrogen and oxygen atoms in total. The van der Waals surface area contributed by atoms with E-state index in [2.05, 4.69) is 0 Å². The minimum absolute atomic E-state index is 0.0856. The Hall–Kier alpha value is -0.900. The Morgan fingerprint density at radius 3 is 2.58 bits per heavy atom. The second kappa shape index (κ2) is 3.23. The fraction of sp³-hybridized carbons (Fsp3) is 0.750. The van der Waals surface area contributed by atoms with Gasteiger partial charge in [0, 0.05) is 13.0 Å². The molecule has 0 radical (unpaired) electrons. The maximum absolute atomic E-state index is 10.8. The van der Waals surface area contributed by atoms with Gasteiger partial charge in [0.15, 0.2) is 0 Å². The normalized spacial score (nSPS) is 28.8. The number of hydrogen-bond acceptors (Lipinski definition) is 3. The molecule has 1 heterocycles. The standard InChI is InChI=1S/C8H12O4/c1-6(9)4-8(7(10)11)2-3-12-5-8/h2-5H2,1H3,(H,10,11). The Morgan fingerprint density at radius 1 is 1.58 bits per heavy atom. The van der Waals surface area contributed by atoms with Crippen LogP contribution in [0.3, 0.4) is 0 Å². The largest absolute Gasteiger partial charge is 0.481 e. The second-order valence-electron chi connectivity index (χ2n) is 3.27. The van der Waals surface area contributed by atoms with Crippen molar-refractivity contribution in [2.24, 2.45) is 5.41 Å². The molecule has 4 heteroatoms. The molecule has 1 N–H and O–H groups in total. The summed E-state index contributed by atoms with van der Waals surface area (Å²) < 4.78 is 4.99. The van der Waals surface area contributed by atoms with E-state index in [0.717, 1.165) is 0 Å². The first-order valence-corrected chi connectivity index (χ1v) is 3.87. The minimum atomic E-state index is -0.939. The predicted octanol–water partition coefficient (Wildman–Crippen LogP) is 0.457. The number of aliphatic carboxylic acids is 1. The predicted molar refractivity (Wildman–Crippen MR) is 40.8 cm³/mol. The van der Waals surface area contributed by atoms with Crippen molar-refractivity contribution in [2.45, 2.75) is 19.8 Å². The molecule has 1 rings (SSSR count). The van der Waals surface area contributed by atoms with Crippen LogP contribution in [0.15, 0.2) is 0 Å². The van der Waals surface area contributed by atoms with Crippen molar-refractivity contribution in [2.75, 3.05) is 13.2 Å². The molecule has 0 aromatic rings. The molecule has 0 amide bonds. The highest BCUT2D eigenvalue weighted by Gasteiger charge is 2.43. The molecule has 1 aliphatic rings. The van der Waals surface area contributed by atoms with Crippen LogP contribution in [0.25, 0.3) is 0 Å². The number of rotatable bonds is 3. The van der Waals surface area contributed by atoms with E-state index in [4.69, 9.17) is 9.84 Å². The summed E-state index contributed by atoms with van der Waals surface area (Å²) in [5, 5.41) is 8.88. The summed E-state index contributed by atoms with van der Waals surface area (Å²) in [6.07, 6.45) is 0.532. The highest BCUT2D eigenvalue weighted by atomic mass is 16.5. The van der Waals surface area contributed by atoms with Crippen molar-refractivity contribution in [1.82, 2.24) is 0 Å². The van der Waals surface area contributed by atoms with Crippen LogP contribution in [0.4, 0.5) is 0 Å². The molecule has 0 aromatic heterocycles. The van der Waals surface area contributed by atoms with Gasteiger partial charge in [-0.3, -0.25) is 9.59 Å². The number of ketones is 1. The molecule has 1 aliphatic heterocycles. The van der Waals surface area contributed by atoms with E-state index in [1.54, 1.807) is 0 Å². The van der Waals surface area contributed by atoms with Crippen LogP contribution in [-0.2, 0) is 14.3 Å². The number of Topliss-reactive ketones (excluding diaryl/α,β-unsaturated/α-hetero) is 1. The Morgan fingerprint density at radius 2 is 2.25 bits per heavy atom. The van der Waals surface area contributed by atoms with Crippen LogP contribution in [0.2, 0.25) is 0 Å². The summed E-state index contributed by atoms with van der Waals surface area (Å²) in [5.74, 6) is -1.02. The lowest BCUT2D eigenvalue weighted by Gasteiger charge is -2.19. The van der Waals surface area contributed by atoms with Crippen molar-refractivity contribution < 1.29 is 19.4 Å². The fourth-order valence-corrected chi connectivity index (χ4v) is 1.47. The van der Waals surface area contributed by atoms with Gasteiger partial charge in [-0.05, 0) is 13.3 Å². The lowest BCUT2D eigenvalue weighted by molar-refractivity contribution is -0.151. The third kappa shape index (κ3) is 1.64. The maximum atomic E-state index is 10.8. The molecule has 12 heavy (non-hydrogen) atoms. The lowest BCUT2D eigenvalue weighted by atomic mass is 9.82. The molecule has 68 valence electrons. The van der Waals surface area contributed by atoms with Gasteiger partial charge >= 0.3 is 5.97 Å². The third-order valence-corrected chi connectivity index (χ3v) is 2.14. The summed E-state index contributed by atoms with van der Waals surface area (Å²) in [4.78, 5) is 21.6. The number of ether oxygens (including phenoxy) is 1. The van der Waals surface area contributed by atoms with Gasteiger partial charge in [-0.2, -0.15) is 0 Å². The first-order chi connectivity index (χ1) is 5.57. The zero-order valence-electron chi connectivity index (χ0n) is 7.00. The Bertz CT molecular complexity index is 203. The van der Waals surface area contributed by atoms with Crippen molar-refractivity contribution in [3.8, 4) is 0 Å². The number of carboxylic acid groups (broad SMARTS) is 1. The number of hydrogen-bond donors (Lipinski definition) is 1. The van der Waals surface area contributed by atoms with Crippen LogP contribution in [0.5, 0.6) is 0 Å². The van der Waals surface area contributed by atoms with Gasteiger partial charge in [0.1, 0.15) is 11.2 Å². The molecular formula is C8H12O4. The lowest BCUT2D eigenvalue weighted by Crippen LogP contribution is -2.33. The third-order valence-electron chi connectivity index (χ3n) is 2.14. The van der Waals surface area contributed by atoms with E-state index in [9.17, 15) is 9.59 Å². The zero-order valence-corrected chi connectivity index (χ0v) is 7.00. The highest BCUT2D eigenvalue weighted by molar-refractivity contribution is 5.85. The molecule has 0 saturated carbocycles. The van der Waals surface area contributed by atoms with E-state index in [1.165, 1.54) is 6.92 Å². The average Bonchev–Trinajstić information content (AvgIpc) is 2.35. The van der Waals surface area contributed by atoms with Crippen molar-refractivity contribution in [3.05, 3.63) is 0 Å². The van der Waals surface area contributed by atoms with Crippen molar-refractivity contribution in [1.29, 1.82) is 0 Å². The topological polar surface area (TPSA) is 63.6 Å². The Balaban J connectivity index is 2.72. The van der Waals surface area contributed by atoms with Gasteiger partial charge in [-0.25, -0.2) is 0 Å². The van der Waals surface area contributed by atoms with E-state index < -0.39 is 11.4 Å². The van der Waals surface area contributed by atoms with Gasteiger partial charge in [-0.15, -0.1) is 0 Å². The maximum Gasteiger partial charge on any atom is 0.312 e. The fourth-order valence-electron chi connectivity index (χ4n) is 1.47. The van der Waals surface area contributed by atoms with E-state index >= 15 is 0 Å². The summed E-state index contributed by atoms with van der Waals surface area (Å²) in [7, 11) is 0. The van der Waals surface area contributed by atoms with Gasteiger partial charge in [-0.1, -0.05) is 0 Å². The van der Waals surface area contributed by atoms with Crippen LogP contribution in [0.1, 0.15) is 19.8 Å². The first kappa shape index (κ1) is 9.19. The molecule has 0 spiro atoms. The zero-order chi connectivity index (χ0) is 9.19. The van der Waals surface area contributed by atoms with Crippen LogP contribution < -0.4 is 0 Å². The monoisotopic (exact) mass is 172 g/mol. The summed E-state index contributed by atoms with van der Waals surface area (Å²) in [5.41, 5.74) is -0.939. The van der Waals surface area contributed by atoms with E-state index in [1.807, 2.05) is 0 Å². The first-order valence-electron chi connectivity index (χ1n) is 3.87. The molecule has 1 atom stereocenters. The van der Waals surface area contributed by atoms with Gasteiger partial charge < -0.3 is 9.84 Å². The molecule has 1 saturated heterocycles. The second-order valence-corrected chi connectivity index (χ2v) is 3.27. The number of carbonyl (C=O) groups excluding carboxylic acids is 1. The van der Waals surface area contributed by atoms with Crippen molar-refractivity contribution in [3.63, 3.8) is 0 Å². The molecule has 1 unspecified atom stereocenters. The highest BCUT2D eigenvalue weighted by Crippen LogP contribution is 2.32. The molecule has 0 aromatic carbocycles. The minimum Gasteiger partial charge on any atom is -0.481 e. The summed E-state index contributed by atoms with van der Waals surface area (Å²) in [6, 6.07) is 0. The van der Waals surface area contributed by atoms with E-state index in [-0.39, 0.29) is 18.8 Å². The summed E-state index contributed by atoms with van der Waals surface area (Å²) >= 11 is 0. The Kier molecular flexibility index (Phi) is 2.47. The van der Waals surface area contributed by atoms with E-state index in [0.29, 0.717) is 13.0 Å². The smallest absolute Gasteiger partial charge is 0.312 e. The van der Waals surface area contributed by atoms with Gasteiger partial charge in [0.2, 0.25) is 0 Å².